The molecule has 1 saturated carbocycles. The van der Waals surface area contributed by atoms with Gasteiger partial charge in [-0.2, -0.15) is 23.4 Å². The van der Waals surface area contributed by atoms with Gasteiger partial charge in [0.15, 0.2) is 5.82 Å². The first kappa shape index (κ1) is 27.6. The second kappa shape index (κ2) is 11.1. The van der Waals surface area contributed by atoms with Crippen LogP contribution in [0.2, 0.25) is 0 Å². The quantitative estimate of drug-likeness (QED) is 0.421. The van der Waals surface area contributed by atoms with E-state index >= 15 is 0 Å². The molecule has 1 atom stereocenters. The molecular formula is C27H32F3N5O3. The molecule has 1 aliphatic rings. The monoisotopic (exact) mass is 531 g/mol. The molecule has 0 spiro atoms. The molecule has 0 aliphatic heterocycles. The van der Waals surface area contributed by atoms with E-state index < -0.39 is 34.8 Å². The third kappa shape index (κ3) is 7.31. The highest BCUT2D eigenvalue weighted by Crippen LogP contribution is 2.32. The molecule has 1 fully saturated rings. The molecular weight excluding hydrogens is 499 g/mol. The number of aromatic nitrogens is 4. The summed E-state index contributed by atoms with van der Waals surface area (Å²) in [5.74, 6) is 0.146. The van der Waals surface area contributed by atoms with Crippen molar-refractivity contribution >= 4 is 11.7 Å². The van der Waals surface area contributed by atoms with Crippen molar-refractivity contribution in [3.8, 4) is 0 Å². The minimum absolute atomic E-state index is 0.102. The van der Waals surface area contributed by atoms with E-state index in [0.717, 1.165) is 42.5 Å². The molecule has 8 nitrogen and oxygen atoms in total. The number of rotatable bonds is 9. The zero-order valence-corrected chi connectivity index (χ0v) is 21.4. The molecule has 0 bridgehead atoms. The highest BCUT2D eigenvalue weighted by molar-refractivity contribution is 5.92. The predicted octanol–water partition coefficient (Wildman–Crippen LogP) is 4.58. The molecule has 204 valence electrons. The minimum atomic E-state index is -4.46. The molecule has 4 rings (SSSR count). The van der Waals surface area contributed by atoms with Crippen LogP contribution in [-0.4, -0.2) is 36.2 Å². The van der Waals surface area contributed by atoms with Gasteiger partial charge in [-0.15, -0.1) is 0 Å². The van der Waals surface area contributed by atoms with Crippen LogP contribution in [0.1, 0.15) is 68.7 Å². The number of alkyl halides is 3. The first-order valence-electron chi connectivity index (χ1n) is 12.7. The summed E-state index contributed by atoms with van der Waals surface area (Å²) in [6, 6.07) is 7.02. The van der Waals surface area contributed by atoms with Crippen LogP contribution in [0.25, 0.3) is 0 Å². The predicted molar refractivity (Wildman–Crippen MR) is 136 cm³/mol. The summed E-state index contributed by atoms with van der Waals surface area (Å²) in [6.45, 7) is 3.54. The molecule has 1 amide bonds. The van der Waals surface area contributed by atoms with Crippen LogP contribution in [0.5, 0.6) is 0 Å². The average Bonchev–Trinajstić information content (AvgIpc) is 3.48. The van der Waals surface area contributed by atoms with Gasteiger partial charge in [0.05, 0.1) is 23.9 Å². The maximum absolute atomic E-state index is 13.3. The highest BCUT2D eigenvalue weighted by atomic mass is 19.4. The Morgan fingerprint density at radius 2 is 1.89 bits per heavy atom. The van der Waals surface area contributed by atoms with Gasteiger partial charge in [0, 0.05) is 18.3 Å². The maximum Gasteiger partial charge on any atom is 0.416 e. The van der Waals surface area contributed by atoms with Crippen LogP contribution in [0.15, 0.2) is 53.6 Å². The number of hydrogen-bond donors (Lipinski definition) is 2. The summed E-state index contributed by atoms with van der Waals surface area (Å²) >= 11 is 0. The van der Waals surface area contributed by atoms with E-state index in [1.54, 1.807) is 32.2 Å². The molecule has 1 unspecified atom stereocenters. The Bertz CT molecular complexity index is 1320. The number of halogens is 3. The lowest BCUT2D eigenvalue weighted by Gasteiger charge is -2.21. The lowest BCUT2D eigenvalue weighted by atomic mass is 9.97. The fourth-order valence-corrected chi connectivity index (χ4v) is 4.88. The number of anilines is 1. The third-order valence-corrected chi connectivity index (χ3v) is 6.62. The Kier molecular flexibility index (Phi) is 8.05. The van der Waals surface area contributed by atoms with E-state index in [1.807, 2.05) is 0 Å². The molecule has 11 heteroatoms. The van der Waals surface area contributed by atoms with Crippen LogP contribution in [0.4, 0.5) is 19.0 Å². The van der Waals surface area contributed by atoms with Crippen LogP contribution in [0, 0.1) is 5.92 Å². The van der Waals surface area contributed by atoms with Crippen LogP contribution < -0.4 is 10.9 Å². The zero-order chi connectivity index (χ0) is 27.5. The summed E-state index contributed by atoms with van der Waals surface area (Å²) in [5.41, 5.74) is -1.38. The molecule has 2 N–H and O–H groups in total. The Balaban J connectivity index is 1.54. The van der Waals surface area contributed by atoms with E-state index in [-0.39, 0.29) is 18.9 Å². The summed E-state index contributed by atoms with van der Waals surface area (Å²) in [7, 11) is 0. The SMILES string of the molecule is CC(C)(O)Cn1ccc(NC(=O)C(CC2CCCC2)n2ncc(Cc3cccc(C(F)(F)F)c3)cc2=O)n1. The molecule has 38 heavy (non-hydrogen) atoms. The third-order valence-electron chi connectivity index (χ3n) is 6.62. The second-order valence-electron chi connectivity index (χ2n) is 10.6. The number of nitrogens with zero attached hydrogens (tertiary/aromatic N) is 4. The van der Waals surface area contributed by atoms with Crippen LogP contribution in [-0.2, 0) is 23.9 Å². The molecule has 3 aromatic rings. The van der Waals surface area contributed by atoms with Gasteiger partial charge in [0.1, 0.15) is 6.04 Å². The van der Waals surface area contributed by atoms with Crippen molar-refractivity contribution in [2.45, 2.75) is 76.7 Å². The summed E-state index contributed by atoms with van der Waals surface area (Å²) < 4.78 is 41.9. The van der Waals surface area contributed by atoms with E-state index in [2.05, 4.69) is 15.5 Å². The number of carbonyl (C=O) groups excluding carboxylic acids is 1. The fourth-order valence-electron chi connectivity index (χ4n) is 4.88. The van der Waals surface area contributed by atoms with Crippen molar-refractivity contribution in [3.63, 3.8) is 0 Å². The van der Waals surface area contributed by atoms with Crippen molar-refractivity contribution in [1.82, 2.24) is 19.6 Å². The standard InChI is InChI=1S/C27H32F3N5O3/c1-26(2,38)17-34-11-10-23(33-34)32-25(37)22(14-18-6-3-4-7-18)35-24(36)15-20(16-31-35)12-19-8-5-9-21(13-19)27(28,29)30/h5,8-11,13,15-16,18,22,38H,3-4,6-7,12,14,17H2,1-2H3,(H,32,33,37). The van der Waals surface area contributed by atoms with Crippen molar-refractivity contribution < 1.29 is 23.1 Å². The topological polar surface area (TPSA) is 102 Å². The van der Waals surface area contributed by atoms with Crippen molar-refractivity contribution in [2.24, 2.45) is 5.92 Å². The smallest absolute Gasteiger partial charge is 0.389 e. The fraction of sp³-hybridized carbons (Fsp3) is 0.481. The second-order valence-corrected chi connectivity index (χ2v) is 10.6. The van der Waals surface area contributed by atoms with Gasteiger partial charge in [0.25, 0.3) is 11.5 Å². The summed E-state index contributed by atoms with van der Waals surface area (Å²) in [5, 5.41) is 21.3. The van der Waals surface area contributed by atoms with Gasteiger partial charge < -0.3 is 10.4 Å². The van der Waals surface area contributed by atoms with Gasteiger partial charge in [-0.1, -0.05) is 43.9 Å². The highest BCUT2D eigenvalue weighted by Gasteiger charge is 2.31. The minimum Gasteiger partial charge on any atom is -0.389 e. The van der Waals surface area contributed by atoms with Crippen LogP contribution in [0.3, 0.4) is 0 Å². The van der Waals surface area contributed by atoms with E-state index in [0.29, 0.717) is 23.4 Å². The first-order chi connectivity index (χ1) is 17.9. The largest absolute Gasteiger partial charge is 0.416 e. The molecule has 2 aromatic heterocycles. The number of benzene rings is 1. The lowest BCUT2D eigenvalue weighted by Crippen LogP contribution is -2.36. The Hall–Kier alpha value is -3.47. The zero-order valence-electron chi connectivity index (χ0n) is 21.4. The van der Waals surface area contributed by atoms with E-state index in [4.69, 9.17) is 0 Å². The Morgan fingerprint density at radius 1 is 1.16 bits per heavy atom. The number of carbonyl (C=O) groups is 1. The van der Waals surface area contributed by atoms with Gasteiger partial charge in [-0.05, 0) is 49.8 Å². The summed E-state index contributed by atoms with van der Waals surface area (Å²) in [4.78, 5) is 26.4. The van der Waals surface area contributed by atoms with Crippen molar-refractivity contribution in [1.29, 1.82) is 0 Å². The van der Waals surface area contributed by atoms with E-state index in [9.17, 15) is 27.9 Å². The Labute approximate surface area is 218 Å². The number of nitrogens with one attached hydrogen (secondary N) is 1. The first-order valence-corrected chi connectivity index (χ1v) is 12.7. The molecule has 1 aliphatic carbocycles. The molecule has 2 heterocycles. The van der Waals surface area contributed by atoms with Gasteiger partial charge >= 0.3 is 6.18 Å². The van der Waals surface area contributed by atoms with Gasteiger partial charge in [0.2, 0.25) is 0 Å². The number of hydrogen-bond acceptors (Lipinski definition) is 5. The van der Waals surface area contributed by atoms with Crippen molar-refractivity contribution in [2.75, 3.05) is 5.32 Å². The van der Waals surface area contributed by atoms with Crippen LogP contribution >= 0.6 is 0 Å². The number of amides is 1. The molecule has 0 radical (unpaired) electrons. The molecule has 1 aromatic carbocycles. The normalized spacial score (nSPS) is 15.5. The maximum atomic E-state index is 13.3. The number of aliphatic hydroxyl groups is 1. The van der Waals surface area contributed by atoms with Crippen molar-refractivity contribution in [3.05, 3.63) is 75.8 Å². The van der Waals surface area contributed by atoms with E-state index in [1.165, 1.54) is 23.0 Å². The molecule has 0 saturated heterocycles. The summed E-state index contributed by atoms with van der Waals surface area (Å²) in [6.07, 6.45) is 3.22. The van der Waals surface area contributed by atoms with Gasteiger partial charge in [-0.25, -0.2) is 4.68 Å². The van der Waals surface area contributed by atoms with Gasteiger partial charge in [-0.3, -0.25) is 14.3 Å². The Morgan fingerprint density at radius 3 is 2.55 bits per heavy atom. The average molecular weight is 532 g/mol. The lowest BCUT2D eigenvalue weighted by molar-refractivity contribution is -0.137.